The lowest BCUT2D eigenvalue weighted by Gasteiger charge is -2.14. The van der Waals surface area contributed by atoms with Crippen LogP contribution in [0.5, 0.6) is 5.75 Å². The maximum absolute atomic E-state index is 6.03. The first-order valence-electron chi connectivity index (χ1n) is 8.06. The minimum atomic E-state index is 0.510. The van der Waals surface area contributed by atoms with Crippen LogP contribution in [0.4, 0.5) is 5.69 Å². The Bertz CT molecular complexity index is 849. The zero-order valence-corrected chi connectivity index (χ0v) is 16.3. The Morgan fingerprint density at radius 1 is 1.00 bits per heavy atom. The molecule has 0 saturated heterocycles. The zero-order valence-electron chi connectivity index (χ0n) is 13.9. The lowest BCUT2D eigenvalue weighted by molar-refractivity contribution is 0.303. The highest BCUT2D eigenvalue weighted by atomic mass is 79.9. The Kier molecular flexibility index (Phi) is 6.00. The number of hydrogen-bond acceptors (Lipinski definition) is 2. The van der Waals surface area contributed by atoms with Gasteiger partial charge in [0.2, 0.25) is 0 Å². The summed E-state index contributed by atoms with van der Waals surface area (Å²) < 4.78 is 7.06. The first-order valence-corrected chi connectivity index (χ1v) is 9.23. The molecule has 0 bridgehead atoms. The minimum absolute atomic E-state index is 0.510. The Hall–Kier alpha value is -1.97. The Balaban J connectivity index is 1.70. The van der Waals surface area contributed by atoms with Crippen LogP contribution in [0, 0.1) is 6.92 Å². The van der Waals surface area contributed by atoms with Crippen molar-refractivity contribution in [1.82, 2.24) is 0 Å². The Morgan fingerprint density at radius 3 is 2.56 bits per heavy atom. The van der Waals surface area contributed by atoms with E-state index in [9.17, 15) is 0 Å². The average molecular weight is 417 g/mol. The Morgan fingerprint density at radius 2 is 1.80 bits per heavy atom. The van der Waals surface area contributed by atoms with Crippen molar-refractivity contribution in [2.75, 3.05) is 5.32 Å². The number of hydrogen-bond donors (Lipinski definition) is 1. The second-order valence-electron chi connectivity index (χ2n) is 5.89. The van der Waals surface area contributed by atoms with Gasteiger partial charge in [0.15, 0.2) is 0 Å². The number of halogens is 2. The van der Waals surface area contributed by atoms with Crippen molar-refractivity contribution in [2.24, 2.45) is 0 Å². The number of nitrogens with one attached hydrogen (secondary N) is 1. The summed E-state index contributed by atoms with van der Waals surface area (Å²) in [4.78, 5) is 0. The first kappa shape index (κ1) is 17.8. The van der Waals surface area contributed by atoms with Crippen molar-refractivity contribution in [3.05, 3.63) is 92.9 Å². The molecule has 0 amide bonds. The van der Waals surface area contributed by atoms with Crippen LogP contribution in [-0.4, -0.2) is 0 Å². The second-order valence-corrected chi connectivity index (χ2v) is 7.24. The highest BCUT2D eigenvalue weighted by Crippen LogP contribution is 2.25. The van der Waals surface area contributed by atoms with Crippen molar-refractivity contribution >= 4 is 33.2 Å². The van der Waals surface area contributed by atoms with Gasteiger partial charge in [0.05, 0.1) is 0 Å². The van der Waals surface area contributed by atoms with Crippen LogP contribution in [0.2, 0.25) is 5.02 Å². The fourth-order valence-corrected chi connectivity index (χ4v) is 3.06. The molecule has 0 aliphatic carbocycles. The molecule has 0 fully saturated rings. The van der Waals surface area contributed by atoms with E-state index in [0.717, 1.165) is 32.1 Å². The highest BCUT2D eigenvalue weighted by molar-refractivity contribution is 9.10. The molecule has 0 atom stereocenters. The molecule has 0 heterocycles. The van der Waals surface area contributed by atoms with Gasteiger partial charge in [0.1, 0.15) is 12.4 Å². The summed E-state index contributed by atoms with van der Waals surface area (Å²) in [6, 6.07) is 22.1. The number of rotatable bonds is 6. The van der Waals surface area contributed by atoms with E-state index in [1.807, 2.05) is 36.4 Å². The highest BCUT2D eigenvalue weighted by Gasteiger charge is 2.06. The molecule has 2 nitrogen and oxygen atoms in total. The summed E-state index contributed by atoms with van der Waals surface area (Å²) >= 11 is 9.47. The van der Waals surface area contributed by atoms with E-state index in [1.165, 1.54) is 5.56 Å². The zero-order chi connectivity index (χ0) is 17.6. The van der Waals surface area contributed by atoms with Gasteiger partial charge in [0, 0.05) is 27.3 Å². The van der Waals surface area contributed by atoms with E-state index in [0.29, 0.717) is 13.2 Å². The molecule has 0 spiro atoms. The molecule has 128 valence electrons. The lowest BCUT2D eigenvalue weighted by Crippen LogP contribution is -2.04. The summed E-state index contributed by atoms with van der Waals surface area (Å²) in [5, 5.41) is 4.19. The van der Waals surface area contributed by atoms with Crippen molar-refractivity contribution in [2.45, 2.75) is 20.1 Å². The molecule has 1 N–H and O–H groups in total. The smallest absolute Gasteiger partial charge is 0.124 e. The number of benzene rings is 3. The van der Waals surface area contributed by atoms with Crippen LogP contribution < -0.4 is 10.1 Å². The largest absolute Gasteiger partial charge is 0.489 e. The topological polar surface area (TPSA) is 21.3 Å². The summed E-state index contributed by atoms with van der Waals surface area (Å²) in [5.74, 6) is 0.873. The summed E-state index contributed by atoms with van der Waals surface area (Å²) in [6.07, 6.45) is 0. The molecular formula is C21H19BrClNO. The third-order valence-electron chi connectivity index (χ3n) is 3.83. The van der Waals surface area contributed by atoms with Gasteiger partial charge in [-0.05, 0) is 60.5 Å². The summed E-state index contributed by atoms with van der Waals surface area (Å²) in [7, 11) is 0. The van der Waals surface area contributed by atoms with Crippen LogP contribution in [0.1, 0.15) is 16.7 Å². The van der Waals surface area contributed by atoms with Gasteiger partial charge in [-0.25, -0.2) is 0 Å². The fourth-order valence-electron chi connectivity index (χ4n) is 2.52. The van der Waals surface area contributed by atoms with Crippen LogP contribution in [0.3, 0.4) is 0 Å². The van der Waals surface area contributed by atoms with Gasteiger partial charge in [-0.15, -0.1) is 0 Å². The molecule has 3 rings (SSSR count). The van der Waals surface area contributed by atoms with Crippen molar-refractivity contribution in [1.29, 1.82) is 0 Å². The molecule has 0 radical (unpaired) electrons. The quantitative estimate of drug-likeness (QED) is 0.488. The van der Waals surface area contributed by atoms with Gasteiger partial charge in [-0.1, -0.05) is 51.8 Å². The van der Waals surface area contributed by atoms with E-state index in [-0.39, 0.29) is 0 Å². The third kappa shape index (κ3) is 5.25. The molecule has 0 unspecified atom stereocenters. The van der Waals surface area contributed by atoms with Crippen molar-refractivity contribution in [3.8, 4) is 5.75 Å². The van der Waals surface area contributed by atoms with Crippen molar-refractivity contribution < 1.29 is 4.74 Å². The van der Waals surface area contributed by atoms with E-state index >= 15 is 0 Å². The standard InChI is InChI=1S/C21H19BrClNO/c1-15-3-2-4-20(11-15)24-13-17-12-18(22)7-10-21(17)25-14-16-5-8-19(23)9-6-16/h2-12,24H,13-14H2,1H3. The average Bonchev–Trinajstić information content (AvgIpc) is 2.60. The van der Waals surface area contributed by atoms with E-state index in [1.54, 1.807) is 0 Å². The van der Waals surface area contributed by atoms with E-state index < -0.39 is 0 Å². The molecule has 0 aliphatic rings. The number of aryl methyl sites for hydroxylation is 1. The monoisotopic (exact) mass is 415 g/mol. The van der Waals surface area contributed by atoms with E-state index in [4.69, 9.17) is 16.3 Å². The molecule has 4 heteroatoms. The molecule has 3 aromatic carbocycles. The fraction of sp³-hybridized carbons (Fsp3) is 0.143. The molecule has 25 heavy (non-hydrogen) atoms. The van der Waals surface area contributed by atoms with Gasteiger partial charge < -0.3 is 10.1 Å². The maximum atomic E-state index is 6.03. The van der Waals surface area contributed by atoms with E-state index in [2.05, 4.69) is 58.5 Å². The van der Waals surface area contributed by atoms with Crippen LogP contribution in [-0.2, 0) is 13.2 Å². The first-order chi connectivity index (χ1) is 12.1. The molecule has 0 aliphatic heterocycles. The lowest BCUT2D eigenvalue weighted by atomic mass is 10.1. The van der Waals surface area contributed by atoms with Gasteiger partial charge in [-0.2, -0.15) is 0 Å². The number of ether oxygens (including phenoxy) is 1. The molecular weight excluding hydrogens is 398 g/mol. The molecule has 0 aromatic heterocycles. The van der Waals surface area contributed by atoms with Crippen LogP contribution >= 0.6 is 27.5 Å². The number of anilines is 1. The SMILES string of the molecule is Cc1cccc(NCc2cc(Br)ccc2OCc2ccc(Cl)cc2)c1. The molecule has 0 saturated carbocycles. The summed E-state index contributed by atoms with van der Waals surface area (Å²) in [6.45, 7) is 3.29. The van der Waals surface area contributed by atoms with Gasteiger partial charge in [0.25, 0.3) is 0 Å². The predicted molar refractivity (Wildman–Crippen MR) is 108 cm³/mol. The van der Waals surface area contributed by atoms with Gasteiger partial charge >= 0.3 is 0 Å². The Labute approximate surface area is 161 Å². The van der Waals surface area contributed by atoms with Gasteiger partial charge in [-0.3, -0.25) is 0 Å². The second kappa shape index (κ2) is 8.41. The summed E-state index contributed by atoms with van der Waals surface area (Å²) in [5.41, 5.74) is 4.52. The van der Waals surface area contributed by atoms with Crippen LogP contribution in [0.25, 0.3) is 0 Å². The normalized spacial score (nSPS) is 10.5. The van der Waals surface area contributed by atoms with Crippen molar-refractivity contribution in [3.63, 3.8) is 0 Å². The van der Waals surface area contributed by atoms with Crippen LogP contribution in [0.15, 0.2) is 71.2 Å². The maximum Gasteiger partial charge on any atom is 0.124 e. The third-order valence-corrected chi connectivity index (χ3v) is 4.58. The minimum Gasteiger partial charge on any atom is -0.489 e. The predicted octanol–water partition coefficient (Wildman–Crippen LogP) is 6.60. The molecule has 3 aromatic rings.